The van der Waals surface area contributed by atoms with E-state index in [0.717, 1.165) is 5.75 Å². The minimum absolute atomic E-state index is 0.262. The van der Waals surface area contributed by atoms with E-state index in [9.17, 15) is 4.79 Å². The predicted octanol–water partition coefficient (Wildman–Crippen LogP) is 1.52. The molecule has 4 nitrogen and oxygen atoms in total. The molecule has 1 rings (SSSR count). The molecule has 0 aromatic heterocycles. The molecule has 0 aliphatic carbocycles. The van der Waals surface area contributed by atoms with E-state index in [2.05, 4.69) is 5.32 Å². The van der Waals surface area contributed by atoms with Gasteiger partial charge in [0.15, 0.2) is 0 Å². The molecule has 1 atom stereocenters. The Hall–Kier alpha value is -1.55. The van der Waals surface area contributed by atoms with Gasteiger partial charge in [-0.2, -0.15) is 0 Å². The first-order valence-corrected chi connectivity index (χ1v) is 5.70. The summed E-state index contributed by atoms with van der Waals surface area (Å²) in [7, 11) is 1.71. The van der Waals surface area contributed by atoms with Gasteiger partial charge in [0, 0.05) is 0 Å². The van der Waals surface area contributed by atoms with Crippen molar-refractivity contribution in [2.45, 2.75) is 19.9 Å². The lowest BCUT2D eigenvalue weighted by Crippen LogP contribution is -2.40. The van der Waals surface area contributed by atoms with Crippen molar-refractivity contribution in [1.82, 2.24) is 5.32 Å². The van der Waals surface area contributed by atoms with Crippen molar-refractivity contribution in [3.05, 3.63) is 29.8 Å². The molecule has 17 heavy (non-hydrogen) atoms. The van der Waals surface area contributed by atoms with Crippen LogP contribution >= 0.6 is 0 Å². The zero-order valence-corrected chi connectivity index (χ0v) is 10.5. The third kappa shape index (κ3) is 4.44. The molecule has 0 spiro atoms. The van der Waals surface area contributed by atoms with E-state index in [1.807, 2.05) is 31.2 Å². The highest BCUT2D eigenvalue weighted by molar-refractivity contribution is 5.75. The van der Waals surface area contributed by atoms with Crippen LogP contribution in [0.1, 0.15) is 12.5 Å². The molecule has 94 valence electrons. The van der Waals surface area contributed by atoms with Crippen molar-refractivity contribution < 1.29 is 14.3 Å². The molecular weight excluding hydrogens is 218 g/mol. The summed E-state index contributed by atoms with van der Waals surface area (Å²) in [6, 6.07) is 7.26. The number of benzene rings is 1. The summed E-state index contributed by atoms with van der Waals surface area (Å²) in [4.78, 5) is 11.5. The van der Waals surface area contributed by atoms with Crippen LogP contribution < -0.4 is 10.1 Å². The lowest BCUT2D eigenvalue weighted by Gasteiger charge is -2.15. The zero-order chi connectivity index (χ0) is 12.7. The molecule has 0 aliphatic heterocycles. The fraction of sp³-hybridized carbons (Fsp3) is 0.462. The summed E-state index contributed by atoms with van der Waals surface area (Å²) in [6.45, 7) is 4.43. The lowest BCUT2D eigenvalue weighted by molar-refractivity contribution is -0.146. The van der Waals surface area contributed by atoms with E-state index in [4.69, 9.17) is 9.47 Å². The average Bonchev–Trinajstić information content (AvgIpc) is 2.32. The summed E-state index contributed by atoms with van der Waals surface area (Å²) < 4.78 is 10.4. The van der Waals surface area contributed by atoms with E-state index in [-0.39, 0.29) is 12.6 Å². The average molecular weight is 237 g/mol. The van der Waals surface area contributed by atoms with Gasteiger partial charge in [0.25, 0.3) is 0 Å². The topological polar surface area (TPSA) is 47.6 Å². The molecule has 0 heterocycles. The van der Waals surface area contributed by atoms with Crippen LogP contribution in [0.5, 0.6) is 5.75 Å². The van der Waals surface area contributed by atoms with E-state index in [0.29, 0.717) is 6.61 Å². The molecule has 1 aromatic rings. The standard InChI is InChI=1S/C13H19NO3/c1-4-16-13(15)12(14-3)9-17-11-7-5-10(2)6-8-11/h5-8,12,14H,4,9H2,1-3H3. The number of likely N-dealkylation sites (N-methyl/N-ethyl adjacent to an activating group) is 1. The summed E-state index contributed by atoms with van der Waals surface area (Å²) >= 11 is 0. The van der Waals surface area contributed by atoms with Gasteiger partial charge in [-0.3, -0.25) is 4.79 Å². The number of rotatable bonds is 6. The molecule has 1 N–H and O–H groups in total. The number of carbonyl (C=O) groups is 1. The van der Waals surface area contributed by atoms with Gasteiger partial charge in [-0.25, -0.2) is 0 Å². The molecule has 4 heteroatoms. The molecule has 1 aromatic carbocycles. The molecule has 0 saturated heterocycles. The quantitative estimate of drug-likeness (QED) is 0.762. The van der Waals surface area contributed by atoms with Crippen LogP contribution in [0.3, 0.4) is 0 Å². The minimum atomic E-state index is -0.434. The Labute approximate surface area is 102 Å². The number of esters is 1. The van der Waals surface area contributed by atoms with Crippen molar-refractivity contribution in [3.8, 4) is 5.75 Å². The number of nitrogens with one attached hydrogen (secondary N) is 1. The Bertz CT molecular complexity index is 348. The third-order valence-corrected chi connectivity index (χ3v) is 2.36. The summed E-state index contributed by atoms with van der Waals surface area (Å²) in [5.74, 6) is 0.460. The fourth-order valence-electron chi connectivity index (χ4n) is 1.33. The first-order valence-electron chi connectivity index (χ1n) is 5.70. The highest BCUT2D eigenvalue weighted by Gasteiger charge is 2.18. The van der Waals surface area contributed by atoms with Crippen LogP contribution in [0.4, 0.5) is 0 Å². The van der Waals surface area contributed by atoms with Crippen molar-refractivity contribution in [3.63, 3.8) is 0 Å². The largest absolute Gasteiger partial charge is 0.491 e. The van der Waals surface area contributed by atoms with Gasteiger partial charge >= 0.3 is 5.97 Å². The normalized spacial score (nSPS) is 11.9. The molecular formula is C13H19NO3. The Morgan fingerprint density at radius 3 is 2.53 bits per heavy atom. The third-order valence-electron chi connectivity index (χ3n) is 2.36. The van der Waals surface area contributed by atoms with Crippen LogP contribution in [0, 0.1) is 6.92 Å². The SMILES string of the molecule is CCOC(=O)C(COc1ccc(C)cc1)NC. The monoisotopic (exact) mass is 237 g/mol. The highest BCUT2D eigenvalue weighted by atomic mass is 16.5. The minimum Gasteiger partial charge on any atom is -0.491 e. The molecule has 0 bridgehead atoms. The van der Waals surface area contributed by atoms with E-state index < -0.39 is 6.04 Å². The molecule has 0 saturated carbocycles. The van der Waals surface area contributed by atoms with E-state index in [1.165, 1.54) is 5.56 Å². The smallest absolute Gasteiger partial charge is 0.326 e. The van der Waals surface area contributed by atoms with Crippen LogP contribution in [-0.2, 0) is 9.53 Å². The maximum absolute atomic E-state index is 11.5. The molecule has 0 aliphatic rings. The Balaban J connectivity index is 2.47. The van der Waals surface area contributed by atoms with Crippen LogP contribution in [0.25, 0.3) is 0 Å². The molecule has 0 radical (unpaired) electrons. The van der Waals surface area contributed by atoms with Gasteiger partial charge in [-0.1, -0.05) is 17.7 Å². The predicted molar refractivity (Wildman–Crippen MR) is 66.2 cm³/mol. The van der Waals surface area contributed by atoms with Crippen molar-refractivity contribution >= 4 is 5.97 Å². The van der Waals surface area contributed by atoms with Crippen LogP contribution in [0.15, 0.2) is 24.3 Å². The van der Waals surface area contributed by atoms with E-state index in [1.54, 1.807) is 14.0 Å². The number of aryl methyl sites for hydroxylation is 1. The van der Waals surface area contributed by atoms with Gasteiger partial charge in [0.05, 0.1) is 6.61 Å². The summed E-state index contributed by atoms with van der Waals surface area (Å²) in [5, 5.41) is 2.87. The summed E-state index contributed by atoms with van der Waals surface area (Å²) in [5.41, 5.74) is 1.17. The second kappa shape index (κ2) is 6.91. The first kappa shape index (κ1) is 13.5. The van der Waals surface area contributed by atoms with Gasteiger partial charge in [0.2, 0.25) is 0 Å². The van der Waals surface area contributed by atoms with Crippen LogP contribution in [-0.4, -0.2) is 32.3 Å². The second-order valence-electron chi connectivity index (χ2n) is 3.72. The molecule has 0 amide bonds. The highest BCUT2D eigenvalue weighted by Crippen LogP contribution is 2.11. The van der Waals surface area contributed by atoms with Gasteiger partial charge < -0.3 is 14.8 Å². The van der Waals surface area contributed by atoms with Crippen molar-refractivity contribution in [2.75, 3.05) is 20.3 Å². The van der Waals surface area contributed by atoms with Gasteiger partial charge in [-0.15, -0.1) is 0 Å². The van der Waals surface area contributed by atoms with Crippen molar-refractivity contribution in [2.24, 2.45) is 0 Å². The fourth-order valence-corrected chi connectivity index (χ4v) is 1.33. The maximum Gasteiger partial charge on any atom is 0.326 e. The molecule has 0 fully saturated rings. The number of hydrogen-bond acceptors (Lipinski definition) is 4. The molecule has 1 unspecified atom stereocenters. The Morgan fingerprint density at radius 2 is 2.00 bits per heavy atom. The van der Waals surface area contributed by atoms with E-state index >= 15 is 0 Å². The number of ether oxygens (including phenoxy) is 2. The van der Waals surface area contributed by atoms with Crippen LogP contribution in [0.2, 0.25) is 0 Å². The van der Waals surface area contributed by atoms with Gasteiger partial charge in [-0.05, 0) is 33.0 Å². The lowest BCUT2D eigenvalue weighted by atomic mass is 10.2. The summed E-state index contributed by atoms with van der Waals surface area (Å²) in [6.07, 6.45) is 0. The first-order chi connectivity index (χ1) is 8.17. The maximum atomic E-state index is 11.5. The number of carbonyl (C=O) groups excluding carboxylic acids is 1. The zero-order valence-electron chi connectivity index (χ0n) is 10.5. The second-order valence-corrected chi connectivity index (χ2v) is 3.72. The Kier molecular flexibility index (Phi) is 5.49. The van der Waals surface area contributed by atoms with Gasteiger partial charge in [0.1, 0.15) is 18.4 Å². The number of hydrogen-bond donors (Lipinski definition) is 1. The van der Waals surface area contributed by atoms with Crippen molar-refractivity contribution in [1.29, 1.82) is 0 Å². The Morgan fingerprint density at radius 1 is 1.35 bits per heavy atom.